The van der Waals surface area contributed by atoms with Crippen LogP contribution in [0.25, 0.3) is 10.2 Å². The number of thioether (sulfide) groups is 1. The van der Waals surface area contributed by atoms with Crippen molar-refractivity contribution in [1.29, 1.82) is 0 Å². The molecule has 0 atom stereocenters. The van der Waals surface area contributed by atoms with E-state index in [2.05, 4.69) is 24.1 Å². The molecule has 2 aromatic heterocycles. The molecule has 1 N–H and O–H groups in total. The van der Waals surface area contributed by atoms with Gasteiger partial charge in [-0.2, -0.15) is 0 Å². The van der Waals surface area contributed by atoms with Gasteiger partial charge in [-0.1, -0.05) is 37.2 Å². The maximum absolute atomic E-state index is 12.9. The van der Waals surface area contributed by atoms with Gasteiger partial charge < -0.3 is 14.8 Å². The average molecular weight is 482 g/mol. The van der Waals surface area contributed by atoms with Crippen LogP contribution in [-0.2, 0) is 11.3 Å². The highest BCUT2D eigenvalue weighted by Crippen LogP contribution is 2.36. The number of nitrogens with zero attached hydrogens (tertiary/aromatic N) is 2. The van der Waals surface area contributed by atoms with Crippen LogP contribution in [0, 0.1) is 5.92 Å². The van der Waals surface area contributed by atoms with Gasteiger partial charge in [0.05, 0.1) is 36.2 Å². The second-order valence-corrected chi connectivity index (χ2v) is 9.46. The fourth-order valence-corrected chi connectivity index (χ4v) is 4.74. The molecular formula is C21H24ClN3O4S2. The van der Waals surface area contributed by atoms with Gasteiger partial charge in [-0.25, -0.2) is 4.98 Å². The molecule has 31 heavy (non-hydrogen) atoms. The SMILES string of the molecule is COc1cc(OC)c(NC(=O)CSc2nc3ccsc3c(=O)n2CCC(C)C)cc1Cl. The molecule has 0 aliphatic carbocycles. The van der Waals surface area contributed by atoms with Crippen LogP contribution >= 0.6 is 34.7 Å². The highest BCUT2D eigenvalue weighted by Gasteiger charge is 2.16. The lowest BCUT2D eigenvalue weighted by molar-refractivity contribution is -0.113. The number of nitrogens with one attached hydrogen (secondary N) is 1. The third-order valence-corrected chi connectivity index (χ3v) is 6.70. The first-order chi connectivity index (χ1) is 14.8. The number of anilines is 1. The summed E-state index contributed by atoms with van der Waals surface area (Å²) in [4.78, 5) is 30.2. The van der Waals surface area contributed by atoms with Crippen molar-refractivity contribution in [3.05, 3.63) is 39.0 Å². The van der Waals surface area contributed by atoms with E-state index in [4.69, 9.17) is 21.1 Å². The Bertz CT molecular complexity index is 1140. The zero-order valence-electron chi connectivity index (χ0n) is 17.7. The third kappa shape index (κ3) is 5.53. The summed E-state index contributed by atoms with van der Waals surface area (Å²) in [5, 5.41) is 5.55. The maximum atomic E-state index is 12.9. The summed E-state index contributed by atoms with van der Waals surface area (Å²) in [5.74, 6) is 1.15. The molecule has 0 fully saturated rings. The molecular weight excluding hydrogens is 458 g/mol. The standard InChI is InChI=1S/C21H24ClN3O4S2/c1-12(2)5-7-25-20(27)19-14(6-8-30-19)24-21(25)31-11-18(26)23-15-9-13(22)16(28-3)10-17(15)29-4/h6,8-10,12H,5,7,11H2,1-4H3,(H,23,26). The van der Waals surface area contributed by atoms with E-state index in [1.165, 1.54) is 37.3 Å². The van der Waals surface area contributed by atoms with E-state index in [0.717, 1.165) is 6.42 Å². The van der Waals surface area contributed by atoms with Crippen molar-refractivity contribution >= 4 is 56.5 Å². The van der Waals surface area contributed by atoms with Gasteiger partial charge in [-0.05, 0) is 29.9 Å². The molecule has 0 aliphatic heterocycles. The van der Waals surface area contributed by atoms with E-state index < -0.39 is 0 Å². The van der Waals surface area contributed by atoms with E-state index in [9.17, 15) is 9.59 Å². The number of benzene rings is 1. The quantitative estimate of drug-likeness (QED) is 0.345. The van der Waals surface area contributed by atoms with E-state index in [-0.39, 0.29) is 17.2 Å². The number of amides is 1. The summed E-state index contributed by atoms with van der Waals surface area (Å²) >= 11 is 8.79. The summed E-state index contributed by atoms with van der Waals surface area (Å²) in [6.07, 6.45) is 0.847. The first-order valence-corrected chi connectivity index (χ1v) is 11.9. The minimum atomic E-state index is -0.264. The Hall–Kier alpha value is -2.23. The van der Waals surface area contributed by atoms with Crippen LogP contribution in [0.3, 0.4) is 0 Å². The molecule has 0 saturated heterocycles. The lowest BCUT2D eigenvalue weighted by Crippen LogP contribution is -2.24. The van der Waals surface area contributed by atoms with Crippen LogP contribution in [-0.4, -0.2) is 35.4 Å². The second-order valence-electron chi connectivity index (χ2n) is 7.19. The number of methoxy groups -OCH3 is 2. The molecule has 0 radical (unpaired) electrons. The molecule has 0 saturated carbocycles. The van der Waals surface area contributed by atoms with Crippen molar-refractivity contribution in [3.8, 4) is 11.5 Å². The highest BCUT2D eigenvalue weighted by molar-refractivity contribution is 7.99. The zero-order chi connectivity index (χ0) is 22.5. The van der Waals surface area contributed by atoms with Crippen LogP contribution in [0.5, 0.6) is 11.5 Å². The topological polar surface area (TPSA) is 82.5 Å². The molecule has 10 heteroatoms. The first kappa shape index (κ1) is 23.4. The van der Waals surface area contributed by atoms with Crippen molar-refractivity contribution in [2.24, 2.45) is 5.92 Å². The third-order valence-electron chi connectivity index (χ3n) is 4.54. The molecule has 0 aliphatic rings. The largest absolute Gasteiger partial charge is 0.495 e. The van der Waals surface area contributed by atoms with Crippen LogP contribution in [0.15, 0.2) is 33.5 Å². The minimum Gasteiger partial charge on any atom is -0.495 e. The Morgan fingerprint density at radius 1 is 1.29 bits per heavy atom. The number of carbonyl (C=O) groups is 1. The van der Waals surface area contributed by atoms with E-state index >= 15 is 0 Å². The minimum absolute atomic E-state index is 0.0628. The van der Waals surface area contributed by atoms with Gasteiger partial charge in [0.1, 0.15) is 16.2 Å². The molecule has 0 unspecified atom stereocenters. The molecule has 7 nitrogen and oxygen atoms in total. The zero-order valence-corrected chi connectivity index (χ0v) is 20.1. The van der Waals surface area contributed by atoms with E-state index in [0.29, 0.717) is 50.0 Å². The molecule has 2 heterocycles. The molecule has 0 bridgehead atoms. The number of aromatic nitrogens is 2. The number of carbonyl (C=O) groups excluding carboxylic acids is 1. The normalized spacial score (nSPS) is 11.2. The van der Waals surface area contributed by atoms with Gasteiger partial charge in [-0.15, -0.1) is 11.3 Å². The maximum Gasteiger partial charge on any atom is 0.272 e. The second kappa shape index (κ2) is 10.4. The molecule has 0 spiro atoms. The lowest BCUT2D eigenvalue weighted by Gasteiger charge is -2.14. The van der Waals surface area contributed by atoms with Crippen molar-refractivity contribution < 1.29 is 14.3 Å². The number of hydrogen-bond acceptors (Lipinski definition) is 7. The van der Waals surface area contributed by atoms with Gasteiger partial charge in [0.25, 0.3) is 5.56 Å². The Labute approximate surface area is 193 Å². The van der Waals surface area contributed by atoms with Gasteiger partial charge in [-0.3, -0.25) is 14.2 Å². The molecule has 3 aromatic rings. The average Bonchev–Trinajstić information content (AvgIpc) is 3.20. The predicted octanol–water partition coefficient (Wildman–Crippen LogP) is 4.91. The Morgan fingerprint density at radius 3 is 2.71 bits per heavy atom. The number of halogens is 1. The van der Waals surface area contributed by atoms with Crippen LogP contribution in [0.4, 0.5) is 5.69 Å². The van der Waals surface area contributed by atoms with Crippen LogP contribution < -0.4 is 20.3 Å². The molecule has 1 amide bonds. The number of rotatable bonds is 9. The summed E-state index contributed by atoms with van der Waals surface area (Å²) in [5.41, 5.74) is 1.03. The number of hydrogen-bond donors (Lipinski definition) is 1. The fraction of sp³-hybridized carbons (Fsp3) is 0.381. The number of fused-ring (bicyclic) bond motifs is 1. The summed E-state index contributed by atoms with van der Waals surface area (Å²) < 4.78 is 12.8. The highest BCUT2D eigenvalue weighted by atomic mass is 35.5. The van der Waals surface area contributed by atoms with Crippen LogP contribution in [0.2, 0.25) is 5.02 Å². The summed E-state index contributed by atoms with van der Waals surface area (Å²) in [7, 11) is 3.01. The Kier molecular flexibility index (Phi) is 7.85. The van der Waals surface area contributed by atoms with E-state index in [1.54, 1.807) is 16.7 Å². The molecule has 166 valence electrons. The summed E-state index contributed by atoms with van der Waals surface area (Å²) in [6.45, 7) is 4.77. The van der Waals surface area contributed by atoms with Gasteiger partial charge in [0.15, 0.2) is 5.16 Å². The molecule has 3 rings (SSSR count). The van der Waals surface area contributed by atoms with Crippen molar-refractivity contribution in [3.63, 3.8) is 0 Å². The van der Waals surface area contributed by atoms with Gasteiger partial charge in [0, 0.05) is 12.6 Å². The molecule has 1 aromatic carbocycles. The first-order valence-electron chi connectivity index (χ1n) is 9.66. The van der Waals surface area contributed by atoms with Crippen molar-refractivity contribution in [1.82, 2.24) is 9.55 Å². The summed E-state index contributed by atoms with van der Waals surface area (Å²) in [6, 6.07) is 5.01. The van der Waals surface area contributed by atoms with Gasteiger partial charge in [0.2, 0.25) is 5.91 Å². The van der Waals surface area contributed by atoms with Crippen LogP contribution in [0.1, 0.15) is 20.3 Å². The monoisotopic (exact) mass is 481 g/mol. The van der Waals surface area contributed by atoms with Gasteiger partial charge >= 0.3 is 0 Å². The number of ether oxygens (including phenoxy) is 2. The Morgan fingerprint density at radius 2 is 2.03 bits per heavy atom. The van der Waals surface area contributed by atoms with E-state index in [1.807, 2.05) is 11.4 Å². The predicted molar refractivity (Wildman–Crippen MR) is 127 cm³/mol. The fourth-order valence-electron chi connectivity index (χ4n) is 2.89. The smallest absolute Gasteiger partial charge is 0.272 e. The van der Waals surface area contributed by atoms with Crippen molar-refractivity contribution in [2.75, 3.05) is 25.3 Å². The lowest BCUT2D eigenvalue weighted by atomic mass is 10.1. The number of thiophene rings is 1. The van der Waals surface area contributed by atoms with Crippen molar-refractivity contribution in [2.45, 2.75) is 32.0 Å². The Balaban J connectivity index is 1.79.